The maximum Gasteiger partial charge on any atom is 0.264 e. The van der Waals surface area contributed by atoms with Gasteiger partial charge in [0.1, 0.15) is 24.4 Å². The van der Waals surface area contributed by atoms with Crippen LogP contribution in [-0.2, 0) is 80.4 Å². The van der Waals surface area contributed by atoms with Crippen LogP contribution in [0.2, 0.25) is 0 Å². The molecule has 5 aromatic rings. The van der Waals surface area contributed by atoms with Gasteiger partial charge >= 0.3 is 0 Å². The topological polar surface area (TPSA) is 136 Å². The van der Waals surface area contributed by atoms with Gasteiger partial charge in [0, 0.05) is 0 Å². The zero-order chi connectivity index (χ0) is 41.5. The number of likely N-dealkylation sites (N-methyl/N-ethyl adjacent to an activating group) is 1. The second kappa shape index (κ2) is 25.3. The molecule has 312 valence electrons. The van der Waals surface area contributed by atoms with E-state index < -0.39 is 51.3 Å². The monoisotopic (exact) mass is 833 g/mol. The molecule has 0 saturated carbocycles. The van der Waals surface area contributed by atoms with Crippen molar-refractivity contribution in [1.82, 2.24) is 5.32 Å². The van der Waals surface area contributed by atoms with Crippen LogP contribution in [0.4, 0.5) is 0 Å². The molecule has 0 unspecified atom stereocenters. The Balaban J connectivity index is 0.000000648. The molecule has 0 aliphatic carbocycles. The normalized spacial score (nSPS) is 13.8. The van der Waals surface area contributed by atoms with Gasteiger partial charge in [-0.1, -0.05) is 152 Å². The molecule has 0 radical (unpaired) electrons. The van der Waals surface area contributed by atoms with Crippen molar-refractivity contribution in [3.63, 3.8) is 0 Å². The highest BCUT2D eigenvalue weighted by Gasteiger charge is 2.41. The first-order valence-corrected chi connectivity index (χ1v) is 22.6. The van der Waals surface area contributed by atoms with Gasteiger partial charge in [0.2, 0.25) is 0 Å². The Morgan fingerprint density at radius 3 is 1.24 bits per heavy atom. The van der Waals surface area contributed by atoms with E-state index in [4.69, 9.17) is 27.3 Å². The van der Waals surface area contributed by atoms with Crippen LogP contribution in [0.25, 0.3) is 0 Å². The highest BCUT2D eigenvalue weighted by atomic mass is 32.2. The summed E-state index contributed by atoms with van der Waals surface area (Å²) in [6.07, 6.45) is -1.54. The summed E-state index contributed by atoms with van der Waals surface area (Å²) in [6, 6.07) is 47.9. The van der Waals surface area contributed by atoms with Crippen LogP contribution < -0.4 is 5.32 Å². The second-order valence-electron chi connectivity index (χ2n) is 13.5. The number of rotatable bonds is 24. The summed E-state index contributed by atoms with van der Waals surface area (Å²) in [5.41, 5.74) is 4.72. The van der Waals surface area contributed by atoms with Gasteiger partial charge in [0.15, 0.2) is 0 Å². The van der Waals surface area contributed by atoms with Gasteiger partial charge in [-0.15, -0.1) is 0 Å². The van der Waals surface area contributed by atoms with Crippen molar-refractivity contribution in [1.29, 1.82) is 0 Å². The number of nitrogens with one attached hydrogen (secondary N) is 1. The predicted molar refractivity (Wildman–Crippen MR) is 226 cm³/mol. The fraction of sp³-hybridized carbons (Fsp3) is 0.333. The molecule has 0 amide bonds. The smallest absolute Gasteiger partial charge is 0.264 e. The number of benzene rings is 5. The molecular formula is C45H55NO10S2. The van der Waals surface area contributed by atoms with Gasteiger partial charge < -0.3 is 24.3 Å². The van der Waals surface area contributed by atoms with E-state index in [9.17, 15) is 16.8 Å². The van der Waals surface area contributed by atoms with Crippen LogP contribution in [0, 0.1) is 0 Å². The zero-order valence-corrected chi connectivity index (χ0v) is 34.9. The van der Waals surface area contributed by atoms with E-state index in [2.05, 4.69) is 29.6 Å². The quantitative estimate of drug-likeness (QED) is 0.0664. The first-order chi connectivity index (χ1) is 28.0. The molecule has 0 bridgehead atoms. The van der Waals surface area contributed by atoms with Crippen molar-refractivity contribution in [2.75, 3.05) is 39.3 Å². The molecule has 0 saturated heterocycles. The third kappa shape index (κ3) is 19.0. The zero-order valence-electron chi connectivity index (χ0n) is 33.3. The molecule has 0 aliphatic rings. The van der Waals surface area contributed by atoms with Crippen LogP contribution >= 0.6 is 0 Å². The van der Waals surface area contributed by atoms with E-state index in [0.29, 0.717) is 0 Å². The third-order valence-electron chi connectivity index (χ3n) is 8.58. The fourth-order valence-electron chi connectivity index (χ4n) is 5.75. The van der Waals surface area contributed by atoms with Crippen molar-refractivity contribution < 1.29 is 44.1 Å². The summed E-state index contributed by atoms with van der Waals surface area (Å²) in [4.78, 5) is 0. The molecule has 5 aromatic carbocycles. The van der Waals surface area contributed by atoms with Gasteiger partial charge in [-0.05, 0) is 47.8 Å². The van der Waals surface area contributed by atoms with Gasteiger partial charge in [-0.3, -0.25) is 8.37 Å². The highest BCUT2D eigenvalue weighted by molar-refractivity contribution is 7.86. The highest BCUT2D eigenvalue weighted by Crippen LogP contribution is 2.25. The Morgan fingerprint density at radius 2 is 0.845 bits per heavy atom. The number of hydrogen-bond donors (Lipinski definition) is 1. The molecule has 0 fully saturated rings. The summed E-state index contributed by atoms with van der Waals surface area (Å²) in [7, 11) is -5.98. The maximum absolute atomic E-state index is 12.7. The van der Waals surface area contributed by atoms with Gasteiger partial charge in [-0.2, -0.15) is 16.8 Å². The van der Waals surface area contributed by atoms with Gasteiger partial charge in [0.25, 0.3) is 20.2 Å². The molecular weight excluding hydrogens is 779 g/mol. The molecule has 0 aromatic heterocycles. The van der Waals surface area contributed by atoms with Crippen molar-refractivity contribution in [3.05, 3.63) is 179 Å². The average molecular weight is 834 g/mol. The molecule has 0 aliphatic heterocycles. The predicted octanol–water partition coefficient (Wildman–Crippen LogP) is 6.73. The minimum atomic E-state index is -4.05. The Bertz CT molecular complexity index is 2040. The first-order valence-electron chi connectivity index (χ1n) is 19.0. The third-order valence-corrected chi connectivity index (χ3v) is 9.74. The Morgan fingerprint density at radius 1 is 0.466 bits per heavy atom. The van der Waals surface area contributed by atoms with E-state index in [1.165, 1.54) is 5.56 Å². The van der Waals surface area contributed by atoms with E-state index in [-0.39, 0.29) is 33.0 Å². The molecule has 0 heterocycles. The maximum atomic E-state index is 12.7. The van der Waals surface area contributed by atoms with Crippen molar-refractivity contribution in [3.8, 4) is 0 Å². The van der Waals surface area contributed by atoms with E-state index in [1.54, 1.807) is 0 Å². The largest absolute Gasteiger partial charge is 0.374 e. The molecule has 58 heavy (non-hydrogen) atoms. The molecule has 11 nitrogen and oxygen atoms in total. The summed E-state index contributed by atoms with van der Waals surface area (Å²) in [5, 5.41) is 3.12. The lowest BCUT2D eigenvalue weighted by atomic mass is 10.0. The minimum Gasteiger partial charge on any atom is -0.374 e. The lowest BCUT2D eigenvalue weighted by Crippen LogP contribution is -2.52. The molecule has 5 rings (SSSR count). The van der Waals surface area contributed by atoms with E-state index in [1.807, 2.05) is 134 Å². The Hall–Kier alpha value is -4.28. The summed E-state index contributed by atoms with van der Waals surface area (Å²) in [6.45, 7) is 0.796. The SMILES string of the molecule is CNCCc1ccccc1.CS(=O)(=O)OC[C@H](OCc1ccccc1)[C@@H](OCc1ccccc1)[C@H](OCc1ccccc1)[C@@H](COCc1ccccc1)OS(C)(=O)=O. The van der Waals surface area contributed by atoms with E-state index in [0.717, 1.165) is 47.7 Å². The van der Waals surface area contributed by atoms with Crippen molar-refractivity contribution >= 4 is 20.2 Å². The average Bonchev–Trinajstić information content (AvgIpc) is 3.22. The van der Waals surface area contributed by atoms with Crippen LogP contribution in [0.1, 0.15) is 27.8 Å². The van der Waals surface area contributed by atoms with Crippen LogP contribution in [0.3, 0.4) is 0 Å². The molecule has 0 spiro atoms. The first kappa shape index (κ1) is 46.4. The number of hydrogen-bond acceptors (Lipinski definition) is 11. The van der Waals surface area contributed by atoms with E-state index >= 15 is 0 Å². The van der Waals surface area contributed by atoms with Crippen molar-refractivity contribution in [2.45, 2.75) is 57.3 Å². The summed E-state index contributed by atoms with van der Waals surface area (Å²) < 4.78 is 86.0. The van der Waals surface area contributed by atoms with Crippen LogP contribution in [-0.4, -0.2) is 80.6 Å². The Kier molecular flexibility index (Phi) is 20.2. The summed E-state index contributed by atoms with van der Waals surface area (Å²) >= 11 is 0. The van der Waals surface area contributed by atoms with Crippen LogP contribution in [0.5, 0.6) is 0 Å². The van der Waals surface area contributed by atoms with Crippen molar-refractivity contribution in [2.24, 2.45) is 0 Å². The molecule has 13 heteroatoms. The summed E-state index contributed by atoms with van der Waals surface area (Å²) in [5.74, 6) is 0. The minimum absolute atomic E-state index is 0.0529. The lowest BCUT2D eigenvalue weighted by Gasteiger charge is -2.37. The number of ether oxygens (including phenoxy) is 4. The molecule has 4 atom stereocenters. The standard InChI is InChI=1S/C36H42O10S2.C9H13N/c1-47(37,38)45-28-33(42-24-30-17-9-4-10-18-30)35(43-25-31-19-11-5-12-20-31)36(44-26-32-21-13-6-14-22-32)34(46-48(2,39)40)27-41-23-29-15-7-3-8-16-29;1-10-8-7-9-5-3-2-4-6-9/h3-22,33-36H,23-28H2,1-2H3;2-6,10H,7-8H2,1H3/t33-,34+,35+,36+;/m0./s1. The van der Waals surface area contributed by atoms with Gasteiger partial charge in [-0.25, -0.2) is 0 Å². The lowest BCUT2D eigenvalue weighted by molar-refractivity contribution is -0.187. The second-order valence-corrected chi connectivity index (χ2v) is 16.8. The molecule has 1 N–H and O–H groups in total. The van der Waals surface area contributed by atoms with Gasteiger partial charge in [0.05, 0.1) is 52.2 Å². The Labute approximate surface area is 344 Å². The fourth-order valence-corrected chi connectivity index (χ4v) is 6.75. The van der Waals surface area contributed by atoms with Crippen LogP contribution in [0.15, 0.2) is 152 Å².